The van der Waals surface area contributed by atoms with E-state index in [1.54, 1.807) is 31.2 Å². The van der Waals surface area contributed by atoms with Gasteiger partial charge in [0.05, 0.1) is 0 Å². The molecule has 5 heteroatoms. The van der Waals surface area contributed by atoms with Crippen molar-refractivity contribution in [3.63, 3.8) is 0 Å². The molecule has 74 valence electrons. The van der Waals surface area contributed by atoms with Crippen molar-refractivity contribution >= 4 is 6.29 Å². The number of benzene rings is 1. The predicted octanol–water partition coefficient (Wildman–Crippen LogP) is 1.05. The van der Waals surface area contributed by atoms with E-state index >= 15 is 0 Å². The Bertz CT molecular complexity index is 464. The second-order valence-electron chi connectivity index (χ2n) is 3.01. The molecule has 1 aromatic carbocycles. The van der Waals surface area contributed by atoms with Crippen molar-refractivity contribution in [3.8, 4) is 11.4 Å². The third-order valence-corrected chi connectivity index (χ3v) is 1.88. The lowest BCUT2D eigenvalue weighted by molar-refractivity contribution is 0.112. The smallest absolute Gasteiger partial charge is 0.203 e. The Morgan fingerprint density at radius 3 is 2.13 bits per heavy atom. The van der Waals surface area contributed by atoms with Gasteiger partial charge in [-0.15, -0.1) is 20.4 Å². The molecule has 1 aromatic heterocycles. The number of aldehydes is 1. The van der Waals surface area contributed by atoms with Crippen molar-refractivity contribution in [2.45, 2.75) is 6.92 Å². The van der Waals surface area contributed by atoms with Crippen LogP contribution in [-0.2, 0) is 0 Å². The monoisotopic (exact) mass is 200 g/mol. The second-order valence-corrected chi connectivity index (χ2v) is 3.01. The highest BCUT2D eigenvalue weighted by Gasteiger charge is 2.02. The summed E-state index contributed by atoms with van der Waals surface area (Å²) >= 11 is 0. The standard InChI is InChI=1S/C10H8N4O/c1-7-11-13-10(14-12-7)9-4-2-8(6-15)3-5-9/h2-6H,1H3. The first-order valence-electron chi connectivity index (χ1n) is 4.39. The van der Waals surface area contributed by atoms with E-state index in [0.717, 1.165) is 11.8 Å². The zero-order chi connectivity index (χ0) is 10.7. The van der Waals surface area contributed by atoms with Crippen LogP contribution in [0.3, 0.4) is 0 Å². The van der Waals surface area contributed by atoms with Crippen molar-refractivity contribution in [1.82, 2.24) is 20.4 Å². The molecule has 0 aliphatic carbocycles. The highest BCUT2D eigenvalue weighted by atomic mass is 16.1. The van der Waals surface area contributed by atoms with E-state index in [1.165, 1.54) is 0 Å². The van der Waals surface area contributed by atoms with Crippen molar-refractivity contribution in [2.24, 2.45) is 0 Å². The highest BCUT2D eigenvalue weighted by molar-refractivity contribution is 5.76. The lowest BCUT2D eigenvalue weighted by Gasteiger charge is -1.97. The Labute approximate surface area is 86.2 Å². The van der Waals surface area contributed by atoms with Crippen LogP contribution in [0.1, 0.15) is 16.2 Å². The molecule has 1 heterocycles. The Balaban J connectivity index is 2.37. The van der Waals surface area contributed by atoms with Gasteiger partial charge in [0.25, 0.3) is 0 Å². The molecule has 2 rings (SSSR count). The molecule has 0 unspecified atom stereocenters. The zero-order valence-electron chi connectivity index (χ0n) is 8.08. The van der Waals surface area contributed by atoms with Gasteiger partial charge >= 0.3 is 0 Å². The molecule has 2 aromatic rings. The molecule has 0 bridgehead atoms. The average Bonchev–Trinajstić information content (AvgIpc) is 2.30. The van der Waals surface area contributed by atoms with Gasteiger partial charge in [-0.3, -0.25) is 4.79 Å². The Kier molecular flexibility index (Phi) is 2.45. The van der Waals surface area contributed by atoms with Gasteiger partial charge in [0.15, 0.2) is 5.82 Å². The molecule has 0 saturated heterocycles. The summed E-state index contributed by atoms with van der Waals surface area (Å²) in [6, 6.07) is 6.92. The van der Waals surface area contributed by atoms with Crippen molar-refractivity contribution in [3.05, 3.63) is 35.7 Å². The first-order chi connectivity index (χ1) is 7.29. The summed E-state index contributed by atoms with van der Waals surface area (Å²) in [5.74, 6) is 0.987. The Morgan fingerprint density at radius 1 is 1.00 bits per heavy atom. The van der Waals surface area contributed by atoms with Gasteiger partial charge in [-0.2, -0.15) is 0 Å². The van der Waals surface area contributed by atoms with Crippen LogP contribution in [0.15, 0.2) is 24.3 Å². The lowest BCUT2D eigenvalue weighted by Crippen LogP contribution is -1.98. The van der Waals surface area contributed by atoms with Gasteiger partial charge in [-0.25, -0.2) is 0 Å². The fraction of sp³-hybridized carbons (Fsp3) is 0.100. The molecule has 0 amide bonds. The molecule has 0 saturated carbocycles. The summed E-state index contributed by atoms with van der Waals surface area (Å²) in [5.41, 5.74) is 1.41. The summed E-state index contributed by atoms with van der Waals surface area (Å²) < 4.78 is 0. The van der Waals surface area contributed by atoms with E-state index in [4.69, 9.17) is 0 Å². The summed E-state index contributed by atoms with van der Waals surface area (Å²) in [4.78, 5) is 10.4. The quantitative estimate of drug-likeness (QED) is 0.678. The maximum Gasteiger partial charge on any atom is 0.203 e. The predicted molar refractivity (Wildman–Crippen MR) is 53.2 cm³/mol. The number of aryl methyl sites for hydroxylation is 1. The first kappa shape index (κ1) is 9.39. The third-order valence-electron chi connectivity index (χ3n) is 1.88. The minimum atomic E-state index is 0.457. The molecule has 0 aliphatic rings. The SMILES string of the molecule is Cc1nnc(-c2ccc(C=O)cc2)nn1. The molecular formula is C10H8N4O. The van der Waals surface area contributed by atoms with Gasteiger partial charge in [-0.05, 0) is 6.92 Å². The zero-order valence-corrected chi connectivity index (χ0v) is 8.08. The summed E-state index contributed by atoms with van der Waals surface area (Å²) in [6.07, 6.45) is 0.788. The minimum Gasteiger partial charge on any atom is -0.298 e. The van der Waals surface area contributed by atoms with E-state index in [-0.39, 0.29) is 0 Å². The van der Waals surface area contributed by atoms with Crippen LogP contribution in [-0.4, -0.2) is 26.7 Å². The number of rotatable bonds is 2. The van der Waals surface area contributed by atoms with Crippen molar-refractivity contribution in [2.75, 3.05) is 0 Å². The molecule has 0 fully saturated rings. The molecule has 0 radical (unpaired) electrons. The van der Waals surface area contributed by atoms with Crippen LogP contribution in [0.4, 0.5) is 0 Å². The molecule has 0 atom stereocenters. The number of aromatic nitrogens is 4. The van der Waals surface area contributed by atoms with Crippen LogP contribution in [0, 0.1) is 6.92 Å². The van der Waals surface area contributed by atoms with Crippen molar-refractivity contribution in [1.29, 1.82) is 0 Å². The van der Waals surface area contributed by atoms with Crippen LogP contribution < -0.4 is 0 Å². The van der Waals surface area contributed by atoms with Crippen LogP contribution in [0.5, 0.6) is 0 Å². The lowest BCUT2D eigenvalue weighted by atomic mass is 10.1. The largest absolute Gasteiger partial charge is 0.298 e. The molecule has 0 N–H and O–H groups in total. The van der Waals surface area contributed by atoms with Gasteiger partial charge in [0, 0.05) is 11.1 Å². The summed E-state index contributed by atoms with van der Waals surface area (Å²) in [7, 11) is 0. The highest BCUT2D eigenvalue weighted by Crippen LogP contribution is 2.12. The van der Waals surface area contributed by atoms with Gasteiger partial charge < -0.3 is 0 Å². The number of hydrogen-bond donors (Lipinski definition) is 0. The van der Waals surface area contributed by atoms with Gasteiger partial charge in [0.2, 0.25) is 5.82 Å². The normalized spacial score (nSPS) is 9.93. The average molecular weight is 200 g/mol. The molecule has 0 aliphatic heterocycles. The molecular weight excluding hydrogens is 192 g/mol. The molecule has 0 spiro atoms. The van der Waals surface area contributed by atoms with Crippen LogP contribution in [0.25, 0.3) is 11.4 Å². The van der Waals surface area contributed by atoms with E-state index in [2.05, 4.69) is 20.4 Å². The topological polar surface area (TPSA) is 68.6 Å². The van der Waals surface area contributed by atoms with Gasteiger partial charge in [-0.1, -0.05) is 24.3 Å². The second kappa shape index (κ2) is 3.91. The van der Waals surface area contributed by atoms with E-state index in [0.29, 0.717) is 17.2 Å². The Morgan fingerprint density at radius 2 is 1.60 bits per heavy atom. The molecule has 5 nitrogen and oxygen atoms in total. The van der Waals surface area contributed by atoms with E-state index in [1.807, 2.05) is 0 Å². The van der Waals surface area contributed by atoms with Gasteiger partial charge in [0.1, 0.15) is 6.29 Å². The maximum absolute atomic E-state index is 10.4. The fourth-order valence-electron chi connectivity index (χ4n) is 1.11. The third kappa shape index (κ3) is 2.01. The molecule has 15 heavy (non-hydrogen) atoms. The summed E-state index contributed by atoms with van der Waals surface area (Å²) in [5, 5.41) is 15.4. The fourth-order valence-corrected chi connectivity index (χ4v) is 1.11. The van der Waals surface area contributed by atoms with E-state index < -0.39 is 0 Å². The van der Waals surface area contributed by atoms with Crippen LogP contribution in [0.2, 0.25) is 0 Å². The Hall–Kier alpha value is -2.17. The summed E-state index contributed by atoms with van der Waals surface area (Å²) in [6.45, 7) is 1.72. The van der Waals surface area contributed by atoms with E-state index in [9.17, 15) is 4.79 Å². The number of carbonyl (C=O) groups excluding carboxylic acids is 1. The minimum absolute atomic E-state index is 0.457. The number of nitrogens with zero attached hydrogens (tertiary/aromatic N) is 4. The van der Waals surface area contributed by atoms with Crippen LogP contribution >= 0.6 is 0 Å². The van der Waals surface area contributed by atoms with Crippen molar-refractivity contribution < 1.29 is 4.79 Å². The number of hydrogen-bond acceptors (Lipinski definition) is 5. The first-order valence-corrected chi connectivity index (χ1v) is 4.39. The maximum atomic E-state index is 10.4. The number of carbonyl (C=O) groups is 1.